The third-order valence-electron chi connectivity index (χ3n) is 3.72. The van der Waals surface area contributed by atoms with Crippen molar-refractivity contribution in [1.29, 1.82) is 0 Å². The largest absolute Gasteiger partial charge is 0.381 e. The van der Waals surface area contributed by atoms with Crippen molar-refractivity contribution in [2.75, 3.05) is 26.8 Å². The lowest BCUT2D eigenvalue weighted by molar-refractivity contribution is 0.0495. The molecule has 1 saturated heterocycles. The van der Waals surface area contributed by atoms with Crippen LogP contribution >= 0.6 is 0 Å². The number of carbonyl (C=O) groups excluding carboxylic acids is 1. The summed E-state index contributed by atoms with van der Waals surface area (Å²) < 4.78 is 31.8. The number of benzene rings is 1. The Morgan fingerprint density at radius 2 is 2.19 bits per heavy atom. The van der Waals surface area contributed by atoms with Crippen LogP contribution in [0.5, 0.6) is 0 Å². The molecule has 1 fully saturated rings. The normalized spacial score (nSPS) is 19.7. The number of nitrogens with zero attached hydrogens (tertiary/aromatic N) is 1. The molecule has 1 aliphatic rings. The fourth-order valence-electron chi connectivity index (χ4n) is 2.47. The number of hydrogen-bond acceptors (Lipinski definition) is 4. The van der Waals surface area contributed by atoms with Crippen LogP contribution in [0.15, 0.2) is 29.2 Å². The zero-order valence-electron chi connectivity index (χ0n) is 12.4. The summed E-state index contributed by atoms with van der Waals surface area (Å²) in [6, 6.07) is 6.18. The molecular formula is C15H21NO4S. The van der Waals surface area contributed by atoms with Gasteiger partial charge in [-0.1, -0.05) is 12.1 Å². The zero-order valence-corrected chi connectivity index (χ0v) is 13.2. The molecule has 1 atom stereocenters. The van der Waals surface area contributed by atoms with Crippen LogP contribution in [0.2, 0.25) is 0 Å². The predicted octanol–water partition coefficient (Wildman–Crippen LogP) is 1.94. The van der Waals surface area contributed by atoms with Gasteiger partial charge < -0.3 is 4.74 Å². The molecule has 0 saturated carbocycles. The van der Waals surface area contributed by atoms with Crippen LogP contribution in [0.3, 0.4) is 0 Å². The van der Waals surface area contributed by atoms with Gasteiger partial charge in [0.15, 0.2) is 5.78 Å². The van der Waals surface area contributed by atoms with Gasteiger partial charge in [-0.15, -0.1) is 0 Å². The topological polar surface area (TPSA) is 63.7 Å². The van der Waals surface area contributed by atoms with Gasteiger partial charge >= 0.3 is 0 Å². The SMILES string of the molecule is CC(=O)c1cccc(S(=O)(=O)N(C)CC2CCCOC2)c1. The summed E-state index contributed by atoms with van der Waals surface area (Å²) in [6.07, 6.45) is 1.95. The predicted molar refractivity (Wildman–Crippen MR) is 79.8 cm³/mol. The van der Waals surface area contributed by atoms with E-state index in [2.05, 4.69) is 0 Å². The molecule has 0 aromatic heterocycles. The van der Waals surface area contributed by atoms with Gasteiger partial charge in [-0.05, 0) is 37.8 Å². The summed E-state index contributed by atoms with van der Waals surface area (Å²) in [6.45, 7) is 3.22. The maximum absolute atomic E-state index is 12.6. The lowest BCUT2D eigenvalue weighted by atomic mass is 10.0. The van der Waals surface area contributed by atoms with Crippen LogP contribution in [-0.2, 0) is 14.8 Å². The smallest absolute Gasteiger partial charge is 0.242 e. The molecule has 21 heavy (non-hydrogen) atoms. The van der Waals surface area contributed by atoms with E-state index in [1.165, 1.54) is 23.4 Å². The van der Waals surface area contributed by atoms with Gasteiger partial charge in [-0.2, -0.15) is 0 Å². The van der Waals surface area contributed by atoms with E-state index in [-0.39, 0.29) is 16.6 Å². The molecular weight excluding hydrogens is 290 g/mol. The van der Waals surface area contributed by atoms with Crippen LogP contribution in [0.25, 0.3) is 0 Å². The summed E-state index contributed by atoms with van der Waals surface area (Å²) in [4.78, 5) is 11.5. The third kappa shape index (κ3) is 3.90. The first-order valence-electron chi connectivity index (χ1n) is 7.06. The first-order valence-corrected chi connectivity index (χ1v) is 8.50. The molecule has 0 aliphatic carbocycles. The average molecular weight is 311 g/mol. The van der Waals surface area contributed by atoms with Crippen molar-refractivity contribution < 1.29 is 17.9 Å². The van der Waals surface area contributed by atoms with E-state index in [4.69, 9.17) is 4.74 Å². The maximum Gasteiger partial charge on any atom is 0.242 e. The fraction of sp³-hybridized carbons (Fsp3) is 0.533. The summed E-state index contributed by atoms with van der Waals surface area (Å²) >= 11 is 0. The summed E-state index contributed by atoms with van der Waals surface area (Å²) in [5, 5.41) is 0. The molecule has 0 amide bonds. The average Bonchev–Trinajstić information content (AvgIpc) is 2.48. The number of Topliss-reactive ketones (excluding diaryl/α,β-unsaturated/α-hetero) is 1. The minimum absolute atomic E-state index is 0.143. The molecule has 1 aromatic carbocycles. The van der Waals surface area contributed by atoms with E-state index >= 15 is 0 Å². The Labute approximate surface area is 126 Å². The van der Waals surface area contributed by atoms with Crippen LogP contribution in [0.4, 0.5) is 0 Å². The minimum Gasteiger partial charge on any atom is -0.381 e. The van der Waals surface area contributed by atoms with Crippen molar-refractivity contribution in [3.8, 4) is 0 Å². The Morgan fingerprint density at radius 3 is 2.81 bits per heavy atom. The van der Waals surface area contributed by atoms with Crippen molar-refractivity contribution in [2.45, 2.75) is 24.7 Å². The van der Waals surface area contributed by atoms with Gasteiger partial charge in [0.05, 0.1) is 11.5 Å². The highest BCUT2D eigenvalue weighted by Crippen LogP contribution is 2.20. The van der Waals surface area contributed by atoms with Gasteiger partial charge in [0, 0.05) is 25.8 Å². The monoisotopic (exact) mass is 311 g/mol. The molecule has 6 heteroatoms. The Morgan fingerprint density at radius 1 is 1.43 bits per heavy atom. The molecule has 1 aromatic rings. The molecule has 5 nitrogen and oxygen atoms in total. The van der Waals surface area contributed by atoms with E-state index in [0.717, 1.165) is 19.4 Å². The lowest BCUT2D eigenvalue weighted by Gasteiger charge is -2.26. The first kappa shape index (κ1) is 16.1. The van der Waals surface area contributed by atoms with Gasteiger partial charge in [0.1, 0.15) is 0 Å². The zero-order chi connectivity index (χ0) is 15.5. The molecule has 0 radical (unpaired) electrons. The molecule has 0 bridgehead atoms. The number of ether oxygens (including phenoxy) is 1. The number of rotatable bonds is 5. The summed E-state index contributed by atoms with van der Waals surface area (Å²) in [7, 11) is -2.00. The van der Waals surface area contributed by atoms with Gasteiger partial charge in [0.25, 0.3) is 0 Å². The molecule has 116 valence electrons. The van der Waals surface area contributed by atoms with Crippen LogP contribution in [0.1, 0.15) is 30.1 Å². The standard InChI is InChI=1S/C15H21NO4S/c1-12(17)14-6-3-7-15(9-14)21(18,19)16(2)10-13-5-4-8-20-11-13/h3,6-7,9,13H,4-5,8,10-11H2,1-2H3. The lowest BCUT2D eigenvalue weighted by Crippen LogP contribution is -2.35. The summed E-state index contributed by atoms with van der Waals surface area (Å²) in [5.74, 6) is 0.0879. The molecule has 1 heterocycles. The minimum atomic E-state index is -3.57. The molecule has 0 N–H and O–H groups in total. The second-order valence-electron chi connectivity index (χ2n) is 5.45. The van der Waals surface area contributed by atoms with Crippen LogP contribution in [0, 0.1) is 5.92 Å². The second-order valence-corrected chi connectivity index (χ2v) is 7.50. The number of sulfonamides is 1. The van der Waals surface area contributed by atoms with E-state index < -0.39 is 10.0 Å². The summed E-state index contributed by atoms with van der Waals surface area (Å²) in [5.41, 5.74) is 0.408. The Hall–Kier alpha value is -1.24. The highest BCUT2D eigenvalue weighted by molar-refractivity contribution is 7.89. The van der Waals surface area contributed by atoms with E-state index in [0.29, 0.717) is 18.7 Å². The molecule has 1 unspecified atom stereocenters. The number of carbonyl (C=O) groups is 1. The maximum atomic E-state index is 12.6. The second kappa shape index (κ2) is 6.68. The Balaban J connectivity index is 2.16. The molecule has 2 rings (SSSR count). The van der Waals surface area contributed by atoms with E-state index in [9.17, 15) is 13.2 Å². The van der Waals surface area contributed by atoms with Gasteiger partial charge in [-0.3, -0.25) is 4.79 Å². The first-order chi connectivity index (χ1) is 9.91. The third-order valence-corrected chi connectivity index (χ3v) is 5.54. The van der Waals surface area contributed by atoms with Crippen molar-refractivity contribution in [3.63, 3.8) is 0 Å². The van der Waals surface area contributed by atoms with Crippen LogP contribution in [-0.4, -0.2) is 45.3 Å². The fourth-order valence-corrected chi connectivity index (χ4v) is 3.76. The van der Waals surface area contributed by atoms with Crippen molar-refractivity contribution in [2.24, 2.45) is 5.92 Å². The van der Waals surface area contributed by atoms with Gasteiger partial charge in [0.2, 0.25) is 10.0 Å². The molecule has 1 aliphatic heterocycles. The van der Waals surface area contributed by atoms with Crippen molar-refractivity contribution >= 4 is 15.8 Å². The van der Waals surface area contributed by atoms with Gasteiger partial charge in [-0.25, -0.2) is 12.7 Å². The quantitative estimate of drug-likeness (QED) is 0.780. The highest BCUT2D eigenvalue weighted by atomic mass is 32.2. The Kier molecular flexibility index (Phi) is 5.13. The van der Waals surface area contributed by atoms with Crippen molar-refractivity contribution in [3.05, 3.63) is 29.8 Å². The van der Waals surface area contributed by atoms with E-state index in [1.54, 1.807) is 19.2 Å². The highest BCUT2D eigenvalue weighted by Gasteiger charge is 2.25. The molecule has 0 spiro atoms. The van der Waals surface area contributed by atoms with Crippen molar-refractivity contribution in [1.82, 2.24) is 4.31 Å². The van der Waals surface area contributed by atoms with E-state index in [1.807, 2.05) is 0 Å². The number of ketones is 1. The van der Waals surface area contributed by atoms with Crippen LogP contribution < -0.4 is 0 Å². The number of hydrogen-bond donors (Lipinski definition) is 0. The Bertz CT molecular complexity index is 606.